The number of phosphoric acid groups is 3. The number of anilines is 1. The molecule has 396 valence electrons. The second-order valence-corrected chi connectivity index (χ2v) is 20.9. The fourth-order valence-corrected chi connectivity index (χ4v) is 9.21. The lowest BCUT2D eigenvalue weighted by atomic mass is 9.87. The molecule has 1 fully saturated rings. The highest BCUT2D eigenvalue weighted by molar-refractivity contribution is 8.13. The normalized spacial score (nSPS) is 19.9. The number of aromatic nitrogens is 4. The van der Waals surface area contributed by atoms with Gasteiger partial charge in [-0.2, -0.15) is 0 Å². The van der Waals surface area contributed by atoms with E-state index in [-0.39, 0.29) is 85.2 Å². The van der Waals surface area contributed by atoms with Crippen LogP contribution in [-0.2, 0) is 65.1 Å². The molecule has 0 spiro atoms. The molecule has 34 heteroatoms. The number of phosphoric ester groups is 3. The third-order valence-corrected chi connectivity index (χ3v) is 13.1. The number of carbonyl (C=O) groups excluding carboxylic acids is 4. The minimum Gasteiger partial charge on any atom is -0.790 e. The molecule has 3 rings (SSSR count). The Morgan fingerprint density at radius 1 is 0.957 bits per heavy atom. The Balaban J connectivity index is 0.00000135. The number of unbranched alkanes of at least 4 members (excludes halogenated alkanes) is 1. The number of allylic oxidation sites excluding steroid dienone is 2. The topological polar surface area (TPSA) is 487 Å². The third kappa shape index (κ3) is 23.4. The van der Waals surface area contributed by atoms with E-state index in [0.717, 1.165) is 29.0 Å². The molecular formula is C36H54N7O23P3S-4. The Hall–Kier alpha value is -4.13. The lowest BCUT2D eigenvalue weighted by Gasteiger charge is -2.36. The number of hydrogen-bond donors (Lipinski definition) is 8. The summed E-state index contributed by atoms with van der Waals surface area (Å²) >= 11 is 0.850. The second-order valence-electron chi connectivity index (χ2n) is 15.6. The van der Waals surface area contributed by atoms with Crippen LogP contribution < -0.4 is 35.9 Å². The van der Waals surface area contributed by atoms with Gasteiger partial charge >= 0.3 is 11.9 Å². The van der Waals surface area contributed by atoms with E-state index < -0.39 is 103 Å². The molecule has 2 amide bonds. The predicted octanol–water partition coefficient (Wildman–Crippen LogP) is -2.47. The lowest BCUT2D eigenvalue weighted by Crippen LogP contribution is -2.46. The number of carboxylic acids is 2. The Bertz CT molecular complexity index is 2280. The largest absolute Gasteiger partial charge is 0.790 e. The van der Waals surface area contributed by atoms with Crippen molar-refractivity contribution in [2.45, 2.75) is 109 Å². The number of rotatable bonds is 30. The number of hydrogen-bond acceptors (Lipinski definition) is 26. The van der Waals surface area contributed by atoms with Gasteiger partial charge in [0.15, 0.2) is 28.6 Å². The van der Waals surface area contributed by atoms with Crippen molar-refractivity contribution >= 4 is 86.9 Å². The van der Waals surface area contributed by atoms with Gasteiger partial charge < -0.3 is 84.3 Å². The maximum atomic E-state index is 12.5. The summed E-state index contributed by atoms with van der Waals surface area (Å²) in [5, 5.41) is 52.4. The molecule has 8 atom stereocenters. The van der Waals surface area contributed by atoms with Crippen LogP contribution in [0.5, 0.6) is 0 Å². The summed E-state index contributed by atoms with van der Waals surface area (Å²) in [6.07, 6.45) is -4.18. The van der Waals surface area contributed by atoms with E-state index in [9.17, 15) is 77.4 Å². The Morgan fingerprint density at radius 3 is 2.23 bits per heavy atom. The molecule has 2 aromatic heterocycles. The lowest BCUT2D eigenvalue weighted by molar-refractivity contribution is -0.347. The fourth-order valence-electron chi connectivity index (χ4n) is 5.73. The molecule has 30 nitrogen and oxygen atoms in total. The number of nitrogen functional groups attached to an aromatic ring is 1. The average molecular weight is 1080 g/mol. The maximum absolute atomic E-state index is 12.5. The number of imidazole rings is 1. The van der Waals surface area contributed by atoms with Crippen LogP contribution in [0.15, 0.2) is 24.8 Å². The molecule has 1 aliphatic rings. The van der Waals surface area contributed by atoms with Gasteiger partial charge in [-0.05, 0) is 38.7 Å². The number of nitrogens with zero attached hydrogens (tertiary/aromatic N) is 4. The Labute approximate surface area is 403 Å². The predicted molar refractivity (Wildman–Crippen MR) is 232 cm³/mol. The highest BCUT2D eigenvalue weighted by atomic mass is 32.2. The van der Waals surface area contributed by atoms with Gasteiger partial charge in [-0.1, -0.05) is 31.7 Å². The number of nitrogens with one attached hydrogen (secondary N) is 2. The van der Waals surface area contributed by atoms with Crippen LogP contribution in [0.1, 0.15) is 78.4 Å². The van der Waals surface area contributed by atoms with Crippen LogP contribution in [-0.4, -0.2) is 142 Å². The highest BCUT2D eigenvalue weighted by Crippen LogP contribution is 2.56. The van der Waals surface area contributed by atoms with Crippen LogP contribution in [0.25, 0.3) is 11.2 Å². The van der Waals surface area contributed by atoms with Gasteiger partial charge in [0.05, 0.1) is 33.5 Å². The van der Waals surface area contributed by atoms with Crippen molar-refractivity contribution in [3.8, 4) is 0 Å². The van der Waals surface area contributed by atoms with Gasteiger partial charge in [-0.3, -0.25) is 42.5 Å². The number of fused-ring (bicyclic) bond motifs is 1. The minimum absolute atomic E-state index is 0.000301. The van der Waals surface area contributed by atoms with E-state index >= 15 is 0 Å². The quantitative estimate of drug-likeness (QED) is 0.0228. The van der Waals surface area contributed by atoms with Gasteiger partial charge in [0.2, 0.25) is 11.8 Å². The number of thioether (sulfide) groups is 1. The first-order valence-electron chi connectivity index (χ1n) is 20.7. The number of aliphatic hydroxyl groups excluding tert-OH is 3. The number of carboxylic acid groups (broad SMARTS) is 2. The second kappa shape index (κ2) is 28.8. The van der Waals surface area contributed by atoms with Crippen LogP contribution in [0, 0.1) is 5.41 Å². The number of carbonyl (C=O) groups is 6. The minimum atomic E-state index is -5.94. The smallest absolute Gasteiger partial charge is 0.303 e. The number of nitrogens with two attached hydrogens (primary N) is 1. The molecule has 0 saturated carbocycles. The van der Waals surface area contributed by atoms with Crippen molar-refractivity contribution < 1.29 is 110 Å². The van der Waals surface area contributed by atoms with Gasteiger partial charge in [-0.25, -0.2) is 19.3 Å². The first kappa shape index (κ1) is 62.0. The number of ether oxygens (including phenoxy) is 1. The Morgan fingerprint density at radius 2 is 1.60 bits per heavy atom. The third-order valence-electron chi connectivity index (χ3n) is 9.18. The summed E-state index contributed by atoms with van der Waals surface area (Å²) in [5.41, 5.74) is 3.99. The summed E-state index contributed by atoms with van der Waals surface area (Å²) in [5.74, 6) is -3.34. The number of ketones is 1. The number of aliphatic carboxylic acids is 2. The van der Waals surface area contributed by atoms with Gasteiger partial charge in [0, 0.05) is 49.9 Å². The monoisotopic (exact) mass is 1080 g/mol. The van der Waals surface area contributed by atoms with Crippen molar-refractivity contribution in [1.29, 1.82) is 0 Å². The SMILES string of the molecule is CC(=O)/C=C/CCCC(=O)O.CC(C)(COP(=O)([O-])OP(=O)([O-])OCC1OC(n2cnc3c(N)ncnc32)C(O)C1OP(=O)([O-])[O-])C(O)C(=O)NCCC(=O)NCCSC(=O)CC(O)CCCC(=O)O. The van der Waals surface area contributed by atoms with Crippen LogP contribution in [0.4, 0.5) is 5.82 Å². The first-order chi connectivity index (χ1) is 32.4. The molecule has 0 aliphatic carbocycles. The van der Waals surface area contributed by atoms with E-state index in [1.165, 1.54) is 26.8 Å². The summed E-state index contributed by atoms with van der Waals surface area (Å²) in [7, 11) is -17.7. The first-order valence-corrected chi connectivity index (χ1v) is 26.1. The molecule has 0 aromatic carbocycles. The molecule has 9 N–H and O–H groups in total. The zero-order valence-electron chi connectivity index (χ0n) is 37.7. The van der Waals surface area contributed by atoms with E-state index in [1.807, 2.05) is 0 Å². The molecule has 2 aromatic rings. The standard InChI is InChI=1S/C28H46N7O20P3S.C8H12O3/c1-28(2,23(42)26(43)31-7-6-17(37)30-8-9-59-19(40)10-15(36)4-3-5-18(38)39)12-52-58(49,50)55-57(47,48)51-11-16-22(54-56(44,45)46)21(41)27(53-16)35-14-34-20-24(29)32-13-33-25(20)35;1-7(9)5-3-2-4-6-8(10)11/h13-16,21-23,27,36,41-42H,3-12H2,1-2H3,(H,30,37)(H,31,43)(H,38,39)(H,47,48)(H,49,50)(H2,29,32,33)(H2,44,45,46);3,5H,2,4,6H2,1H3,(H,10,11)/p-4/b;5-3+. The van der Waals surface area contributed by atoms with Gasteiger partial charge in [0.25, 0.3) is 15.6 Å². The zero-order chi connectivity index (χ0) is 53.0. The molecular weight excluding hydrogens is 1020 g/mol. The summed E-state index contributed by atoms with van der Waals surface area (Å²) in [4.78, 5) is 127. The Kier molecular flexibility index (Phi) is 25.5. The molecule has 0 radical (unpaired) electrons. The fraction of sp³-hybridized carbons (Fsp3) is 0.639. The molecule has 0 bridgehead atoms. The molecule has 1 saturated heterocycles. The zero-order valence-corrected chi connectivity index (χ0v) is 41.2. The average Bonchev–Trinajstić information content (AvgIpc) is 3.80. The van der Waals surface area contributed by atoms with E-state index in [2.05, 4.69) is 43.5 Å². The maximum Gasteiger partial charge on any atom is 0.303 e. The summed E-state index contributed by atoms with van der Waals surface area (Å²) in [6.45, 7) is 1.24. The number of amides is 2. The van der Waals surface area contributed by atoms with Crippen molar-refractivity contribution in [2.24, 2.45) is 5.41 Å². The van der Waals surface area contributed by atoms with Crippen LogP contribution in [0.3, 0.4) is 0 Å². The van der Waals surface area contributed by atoms with E-state index in [4.69, 9.17) is 20.7 Å². The van der Waals surface area contributed by atoms with Crippen LogP contribution >= 0.6 is 35.2 Å². The molecule has 3 heterocycles. The summed E-state index contributed by atoms with van der Waals surface area (Å²) in [6, 6.07) is 0. The van der Waals surface area contributed by atoms with Gasteiger partial charge in [-0.15, -0.1) is 0 Å². The van der Waals surface area contributed by atoms with Crippen LogP contribution in [0.2, 0.25) is 0 Å². The van der Waals surface area contributed by atoms with Crippen molar-refractivity contribution in [3.63, 3.8) is 0 Å². The molecule has 8 unspecified atom stereocenters. The van der Waals surface area contributed by atoms with Crippen molar-refractivity contribution in [1.82, 2.24) is 30.2 Å². The summed E-state index contributed by atoms with van der Waals surface area (Å²) < 4.78 is 60.4. The van der Waals surface area contributed by atoms with E-state index in [0.29, 0.717) is 12.8 Å². The molecule has 70 heavy (non-hydrogen) atoms. The van der Waals surface area contributed by atoms with Crippen molar-refractivity contribution in [2.75, 3.05) is 37.8 Å². The van der Waals surface area contributed by atoms with Gasteiger partial charge in [0.1, 0.15) is 36.3 Å². The number of aliphatic hydroxyl groups is 3. The van der Waals surface area contributed by atoms with Crippen molar-refractivity contribution in [3.05, 3.63) is 24.8 Å². The molecule has 1 aliphatic heterocycles. The van der Waals surface area contributed by atoms with E-state index in [1.54, 1.807) is 6.08 Å². The highest BCUT2D eigenvalue weighted by Gasteiger charge is 2.47.